The summed E-state index contributed by atoms with van der Waals surface area (Å²) < 4.78 is 0. The minimum Gasteiger partial charge on any atom is -0.312 e. The van der Waals surface area contributed by atoms with Crippen LogP contribution in [0.3, 0.4) is 0 Å². The second-order valence-corrected chi connectivity index (χ2v) is 6.15. The Hall–Kier alpha value is -0.0800. The summed E-state index contributed by atoms with van der Waals surface area (Å²) in [5.74, 6) is 0. The van der Waals surface area contributed by atoms with Gasteiger partial charge in [0.25, 0.3) is 0 Å². The van der Waals surface area contributed by atoms with E-state index >= 15 is 0 Å². The standard InChI is InChI=1S/C15H30N2/c1-13(17-15-10-6-3-7-11-15)12-16-14-8-4-2-5-9-14/h13-17H,2-12H2,1H3. The van der Waals surface area contributed by atoms with Gasteiger partial charge in [-0.25, -0.2) is 0 Å². The molecule has 100 valence electrons. The smallest absolute Gasteiger partial charge is 0.0166 e. The van der Waals surface area contributed by atoms with Gasteiger partial charge in [0, 0.05) is 24.7 Å². The van der Waals surface area contributed by atoms with Crippen LogP contribution in [0, 0.1) is 0 Å². The second kappa shape index (κ2) is 7.38. The van der Waals surface area contributed by atoms with Gasteiger partial charge in [-0.3, -0.25) is 0 Å². The molecule has 0 saturated heterocycles. The van der Waals surface area contributed by atoms with Gasteiger partial charge in [-0.1, -0.05) is 38.5 Å². The third-order valence-corrected chi connectivity index (χ3v) is 4.44. The van der Waals surface area contributed by atoms with Crippen LogP contribution in [-0.2, 0) is 0 Å². The fraction of sp³-hybridized carbons (Fsp3) is 1.00. The molecule has 2 heteroatoms. The third kappa shape index (κ3) is 4.97. The maximum atomic E-state index is 3.80. The Bertz CT molecular complexity index is 193. The molecule has 2 N–H and O–H groups in total. The monoisotopic (exact) mass is 238 g/mol. The SMILES string of the molecule is CC(CNC1CCCCC1)NC1CCCCC1. The van der Waals surface area contributed by atoms with Gasteiger partial charge < -0.3 is 10.6 Å². The van der Waals surface area contributed by atoms with E-state index in [4.69, 9.17) is 0 Å². The molecule has 2 saturated carbocycles. The lowest BCUT2D eigenvalue weighted by atomic mass is 9.94. The number of hydrogen-bond acceptors (Lipinski definition) is 2. The zero-order chi connectivity index (χ0) is 11.9. The highest BCUT2D eigenvalue weighted by molar-refractivity contribution is 4.78. The summed E-state index contributed by atoms with van der Waals surface area (Å²) in [6.45, 7) is 3.49. The van der Waals surface area contributed by atoms with Crippen molar-refractivity contribution in [2.75, 3.05) is 6.54 Å². The van der Waals surface area contributed by atoms with Crippen LogP contribution in [0.4, 0.5) is 0 Å². The van der Waals surface area contributed by atoms with E-state index in [2.05, 4.69) is 17.6 Å². The third-order valence-electron chi connectivity index (χ3n) is 4.44. The van der Waals surface area contributed by atoms with Gasteiger partial charge in [0.15, 0.2) is 0 Å². The maximum Gasteiger partial charge on any atom is 0.0166 e. The highest BCUT2D eigenvalue weighted by Gasteiger charge is 2.17. The Morgan fingerprint density at radius 3 is 1.94 bits per heavy atom. The molecule has 0 aromatic rings. The van der Waals surface area contributed by atoms with Gasteiger partial charge in [-0.2, -0.15) is 0 Å². The minimum absolute atomic E-state index is 0.639. The molecule has 2 aliphatic rings. The first-order valence-corrected chi connectivity index (χ1v) is 7.84. The Morgan fingerprint density at radius 2 is 1.35 bits per heavy atom. The Labute approximate surface area is 107 Å². The van der Waals surface area contributed by atoms with Crippen molar-refractivity contribution in [3.63, 3.8) is 0 Å². The first-order valence-electron chi connectivity index (χ1n) is 7.84. The van der Waals surface area contributed by atoms with E-state index in [1.165, 1.54) is 64.2 Å². The molecule has 2 aliphatic carbocycles. The molecule has 0 radical (unpaired) electrons. The molecule has 0 heterocycles. The molecule has 0 amide bonds. The van der Waals surface area contributed by atoms with Crippen LogP contribution in [0.1, 0.15) is 71.1 Å². The van der Waals surface area contributed by atoms with Crippen LogP contribution < -0.4 is 10.6 Å². The summed E-state index contributed by atoms with van der Waals surface area (Å²) in [4.78, 5) is 0. The molecule has 2 nitrogen and oxygen atoms in total. The molecule has 2 fully saturated rings. The topological polar surface area (TPSA) is 24.1 Å². The molecule has 0 aliphatic heterocycles. The molecule has 0 aromatic heterocycles. The lowest BCUT2D eigenvalue weighted by molar-refractivity contribution is 0.315. The van der Waals surface area contributed by atoms with Crippen LogP contribution >= 0.6 is 0 Å². The summed E-state index contributed by atoms with van der Waals surface area (Å²) in [7, 11) is 0. The quantitative estimate of drug-likeness (QED) is 0.768. The van der Waals surface area contributed by atoms with E-state index in [-0.39, 0.29) is 0 Å². The fourth-order valence-electron chi connectivity index (χ4n) is 3.38. The second-order valence-electron chi connectivity index (χ2n) is 6.15. The molecule has 2 rings (SSSR count). The van der Waals surface area contributed by atoms with Gasteiger partial charge in [0.05, 0.1) is 0 Å². The summed E-state index contributed by atoms with van der Waals surface area (Å²) >= 11 is 0. The number of nitrogens with one attached hydrogen (secondary N) is 2. The molecule has 0 aromatic carbocycles. The molecular formula is C15H30N2. The van der Waals surface area contributed by atoms with Crippen molar-refractivity contribution in [2.45, 2.75) is 89.3 Å². The molecule has 17 heavy (non-hydrogen) atoms. The van der Waals surface area contributed by atoms with Crippen LogP contribution in [-0.4, -0.2) is 24.7 Å². The molecule has 1 atom stereocenters. The minimum atomic E-state index is 0.639. The normalized spacial score (nSPS) is 25.9. The van der Waals surface area contributed by atoms with E-state index in [1.807, 2.05) is 0 Å². The molecular weight excluding hydrogens is 208 g/mol. The largest absolute Gasteiger partial charge is 0.312 e. The Kier molecular flexibility index (Phi) is 5.79. The van der Waals surface area contributed by atoms with Crippen LogP contribution in [0.25, 0.3) is 0 Å². The highest BCUT2D eigenvalue weighted by atomic mass is 15.0. The van der Waals surface area contributed by atoms with Crippen molar-refractivity contribution in [1.82, 2.24) is 10.6 Å². The lowest BCUT2D eigenvalue weighted by Gasteiger charge is -2.29. The predicted molar refractivity (Wildman–Crippen MR) is 74.3 cm³/mol. The van der Waals surface area contributed by atoms with Crippen molar-refractivity contribution in [3.05, 3.63) is 0 Å². The van der Waals surface area contributed by atoms with E-state index in [1.54, 1.807) is 0 Å². The van der Waals surface area contributed by atoms with E-state index < -0.39 is 0 Å². The average Bonchev–Trinajstić information content (AvgIpc) is 2.39. The van der Waals surface area contributed by atoms with E-state index in [0.29, 0.717) is 6.04 Å². The van der Waals surface area contributed by atoms with Crippen LogP contribution in [0.15, 0.2) is 0 Å². The Balaban J connectivity index is 1.57. The number of rotatable bonds is 5. The average molecular weight is 238 g/mol. The fourth-order valence-corrected chi connectivity index (χ4v) is 3.38. The van der Waals surface area contributed by atoms with Gasteiger partial charge in [0.2, 0.25) is 0 Å². The van der Waals surface area contributed by atoms with Gasteiger partial charge in [-0.15, -0.1) is 0 Å². The molecule has 1 unspecified atom stereocenters. The first kappa shape index (κ1) is 13.4. The van der Waals surface area contributed by atoms with Crippen molar-refractivity contribution >= 4 is 0 Å². The zero-order valence-corrected chi connectivity index (χ0v) is 11.5. The maximum absolute atomic E-state index is 3.80. The molecule has 0 bridgehead atoms. The van der Waals surface area contributed by atoms with Crippen molar-refractivity contribution < 1.29 is 0 Å². The van der Waals surface area contributed by atoms with E-state index in [9.17, 15) is 0 Å². The lowest BCUT2D eigenvalue weighted by Crippen LogP contribution is -2.45. The summed E-state index contributed by atoms with van der Waals surface area (Å²) in [6.07, 6.45) is 14.2. The summed E-state index contributed by atoms with van der Waals surface area (Å²) in [5.41, 5.74) is 0. The zero-order valence-electron chi connectivity index (χ0n) is 11.5. The van der Waals surface area contributed by atoms with Crippen LogP contribution in [0.5, 0.6) is 0 Å². The van der Waals surface area contributed by atoms with Crippen molar-refractivity contribution in [2.24, 2.45) is 0 Å². The predicted octanol–water partition coefficient (Wildman–Crippen LogP) is 3.22. The van der Waals surface area contributed by atoms with E-state index in [0.717, 1.165) is 18.6 Å². The van der Waals surface area contributed by atoms with Gasteiger partial charge in [-0.05, 0) is 32.6 Å². The highest BCUT2D eigenvalue weighted by Crippen LogP contribution is 2.18. The van der Waals surface area contributed by atoms with Gasteiger partial charge >= 0.3 is 0 Å². The first-order chi connectivity index (χ1) is 8.34. The number of hydrogen-bond donors (Lipinski definition) is 2. The van der Waals surface area contributed by atoms with Crippen molar-refractivity contribution in [3.8, 4) is 0 Å². The van der Waals surface area contributed by atoms with Crippen LogP contribution in [0.2, 0.25) is 0 Å². The van der Waals surface area contributed by atoms with Crippen molar-refractivity contribution in [1.29, 1.82) is 0 Å². The summed E-state index contributed by atoms with van der Waals surface area (Å²) in [5, 5.41) is 7.54. The summed E-state index contributed by atoms with van der Waals surface area (Å²) in [6, 6.07) is 2.24. The molecule has 0 spiro atoms. The Morgan fingerprint density at radius 1 is 0.824 bits per heavy atom. The van der Waals surface area contributed by atoms with Gasteiger partial charge in [0.1, 0.15) is 0 Å².